The van der Waals surface area contributed by atoms with E-state index in [1.54, 1.807) is 31.2 Å². The quantitative estimate of drug-likeness (QED) is 0.549. The number of halogens is 5. The Morgan fingerprint density at radius 2 is 1.77 bits per heavy atom. The molecule has 1 aromatic heterocycles. The average molecular weight is 452 g/mol. The number of benzene rings is 2. The van der Waals surface area contributed by atoms with Crippen molar-refractivity contribution in [3.8, 4) is 0 Å². The molecule has 6 nitrogen and oxygen atoms in total. The number of alkyl halides is 3. The Morgan fingerprint density at radius 3 is 2.39 bits per heavy atom. The van der Waals surface area contributed by atoms with E-state index >= 15 is 0 Å². The number of anilines is 2. The second-order valence-electron chi connectivity index (χ2n) is 6.78. The first-order chi connectivity index (χ1) is 14.6. The number of hydrogen-bond donors (Lipinski definition) is 2. The van der Waals surface area contributed by atoms with Gasteiger partial charge in [-0.3, -0.25) is 4.79 Å². The molecule has 11 heteroatoms. The Hall–Kier alpha value is -3.40. The van der Waals surface area contributed by atoms with Crippen LogP contribution in [-0.2, 0) is 11.0 Å². The topological polar surface area (TPSA) is 71.8 Å². The van der Waals surface area contributed by atoms with E-state index in [9.17, 15) is 22.4 Å². The molecule has 4 rings (SSSR count). The molecule has 0 bridgehead atoms. The number of allylic oxidation sites excluding steroid dienone is 1. The SMILES string of the molecule is CC1=C(C(=O)Nc2ccc(Cl)cc2)[C@H](c2ccc(F)cc2)n2nc(C(F)(F)F)nc2N1. The van der Waals surface area contributed by atoms with Crippen LogP contribution in [0.5, 0.6) is 0 Å². The van der Waals surface area contributed by atoms with Crippen molar-refractivity contribution < 1.29 is 22.4 Å². The van der Waals surface area contributed by atoms with Crippen LogP contribution in [0.3, 0.4) is 0 Å². The minimum absolute atomic E-state index is 0.104. The summed E-state index contributed by atoms with van der Waals surface area (Å²) in [5, 5.41) is 9.45. The first-order valence-corrected chi connectivity index (χ1v) is 9.35. The fraction of sp³-hybridized carbons (Fsp3) is 0.150. The summed E-state index contributed by atoms with van der Waals surface area (Å²) in [5.41, 5.74) is 1.19. The highest BCUT2D eigenvalue weighted by atomic mass is 35.5. The van der Waals surface area contributed by atoms with Gasteiger partial charge in [0.05, 0.1) is 5.57 Å². The normalized spacial score (nSPS) is 16.0. The van der Waals surface area contributed by atoms with Gasteiger partial charge >= 0.3 is 6.18 Å². The summed E-state index contributed by atoms with van der Waals surface area (Å²) in [7, 11) is 0. The monoisotopic (exact) mass is 451 g/mol. The Kier molecular flexibility index (Phi) is 5.18. The van der Waals surface area contributed by atoms with E-state index in [2.05, 4.69) is 20.7 Å². The molecule has 0 spiro atoms. The lowest BCUT2D eigenvalue weighted by Crippen LogP contribution is -2.31. The number of rotatable bonds is 3. The van der Waals surface area contributed by atoms with Crippen LogP contribution in [0, 0.1) is 5.82 Å². The van der Waals surface area contributed by atoms with E-state index in [1.807, 2.05) is 0 Å². The van der Waals surface area contributed by atoms with E-state index < -0.39 is 29.8 Å². The lowest BCUT2D eigenvalue weighted by atomic mass is 9.95. The molecule has 160 valence electrons. The maximum absolute atomic E-state index is 13.5. The minimum Gasteiger partial charge on any atom is -0.328 e. The van der Waals surface area contributed by atoms with E-state index in [4.69, 9.17) is 11.6 Å². The van der Waals surface area contributed by atoms with Gasteiger partial charge in [-0.1, -0.05) is 23.7 Å². The first-order valence-electron chi connectivity index (χ1n) is 8.97. The molecule has 2 aromatic carbocycles. The van der Waals surface area contributed by atoms with Gasteiger partial charge in [-0.15, -0.1) is 5.10 Å². The third kappa shape index (κ3) is 4.11. The highest BCUT2D eigenvalue weighted by Gasteiger charge is 2.41. The fourth-order valence-corrected chi connectivity index (χ4v) is 3.38. The Balaban J connectivity index is 1.80. The van der Waals surface area contributed by atoms with E-state index in [-0.39, 0.29) is 17.2 Å². The molecule has 0 saturated heterocycles. The zero-order valence-corrected chi connectivity index (χ0v) is 16.6. The van der Waals surface area contributed by atoms with E-state index in [0.717, 1.165) is 16.8 Å². The highest BCUT2D eigenvalue weighted by molar-refractivity contribution is 6.30. The van der Waals surface area contributed by atoms with Gasteiger partial charge in [-0.05, 0) is 48.9 Å². The highest BCUT2D eigenvalue weighted by Crippen LogP contribution is 2.38. The average Bonchev–Trinajstić information content (AvgIpc) is 3.13. The van der Waals surface area contributed by atoms with Crippen LogP contribution < -0.4 is 10.6 Å². The number of hydrogen-bond acceptors (Lipinski definition) is 4. The largest absolute Gasteiger partial charge is 0.453 e. The standard InChI is InChI=1S/C20H14ClF4N5O/c1-10-15(17(31)27-14-8-4-12(21)5-9-14)16(11-2-6-13(22)7-3-11)30-19(26-10)28-18(29-30)20(23,24)25/h2-9,16H,1H3,(H,27,31)(H,26,28,29)/t16-/m0/s1. The minimum atomic E-state index is -4.78. The summed E-state index contributed by atoms with van der Waals surface area (Å²) in [4.78, 5) is 16.6. The van der Waals surface area contributed by atoms with Gasteiger partial charge in [0.25, 0.3) is 11.7 Å². The second kappa shape index (κ2) is 7.69. The van der Waals surface area contributed by atoms with Crippen molar-refractivity contribution in [2.24, 2.45) is 0 Å². The van der Waals surface area contributed by atoms with Gasteiger partial charge in [-0.25, -0.2) is 9.07 Å². The van der Waals surface area contributed by atoms with Gasteiger partial charge in [0.15, 0.2) is 0 Å². The molecule has 1 atom stereocenters. The van der Waals surface area contributed by atoms with Crippen LogP contribution in [0.15, 0.2) is 59.8 Å². The number of fused-ring (bicyclic) bond motifs is 1. The summed E-state index contributed by atoms with van der Waals surface area (Å²) >= 11 is 5.86. The van der Waals surface area contributed by atoms with Crippen LogP contribution in [0.25, 0.3) is 0 Å². The molecule has 0 unspecified atom stereocenters. The maximum Gasteiger partial charge on any atom is 0.453 e. The number of carbonyl (C=O) groups excluding carboxylic acids is 1. The van der Waals surface area contributed by atoms with Gasteiger partial charge < -0.3 is 10.6 Å². The maximum atomic E-state index is 13.5. The predicted octanol–water partition coefficient (Wildman–Crippen LogP) is 5.02. The third-order valence-electron chi connectivity index (χ3n) is 4.64. The second-order valence-corrected chi connectivity index (χ2v) is 7.22. The fourth-order valence-electron chi connectivity index (χ4n) is 3.25. The Bertz CT molecular complexity index is 1170. The Morgan fingerprint density at radius 1 is 1.13 bits per heavy atom. The number of nitrogens with zero attached hydrogens (tertiary/aromatic N) is 3. The van der Waals surface area contributed by atoms with Gasteiger partial charge in [0, 0.05) is 16.4 Å². The van der Waals surface area contributed by atoms with Gasteiger partial charge in [0.1, 0.15) is 11.9 Å². The van der Waals surface area contributed by atoms with Crippen LogP contribution in [0.2, 0.25) is 5.02 Å². The molecular weight excluding hydrogens is 438 g/mol. The molecule has 1 aliphatic heterocycles. The molecular formula is C20H14ClF4N5O. The van der Waals surface area contributed by atoms with Crippen molar-refractivity contribution in [1.82, 2.24) is 14.8 Å². The van der Waals surface area contributed by atoms with Crippen LogP contribution in [-0.4, -0.2) is 20.7 Å². The number of aromatic nitrogens is 3. The molecule has 3 aromatic rings. The summed E-state index contributed by atoms with van der Waals surface area (Å²) in [6, 6.07) is 10.3. The molecule has 0 radical (unpaired) electrons. The summed E-state index contributed by atoms with van der Waals surface area (Å²) in [6.07, 6.45) is -4.78. The van der Waals surface area contributed by atoms with E-state index in [1.165, 1.54) is 12.1 Å². The molecule has 31 heavy (non-hydrogen) atoms. The van der Waals surface area contributed by atoms with Crippen LogP contribution in [0.1, 0.15) is 24.4 Å². The van der Waals surface area contributed by atoms with Gasteiger partial charge in [0.2, 0.25) is 5.95 Å². The zero-order valence-electron chi connectivity index (χ0n) is 15.8. The van der Waals surface area contributed by atoms with Crippen LogP contribution >= 0.6 is 11.6 Å². The van der Waals surface area contributed by atoms with Crippen LogP contribution in [0.4, 0.5) is 29.2 Å². The van der Waals surface area contributed by atoms with E-state index in [0.29, 0.717) is 16.3 Å². The molecule has 0 fully saturated rings. The Labute approximate surface area is 178 Å². The lowest BCUT2D eigenvalue weighted by Gasteiger charge is -2.28. The summed E-state index contributed by atoms with van der Waals surface area (Å²) in [6.45, 7) is 1.54. The predicted molar refractivity (Wildman–Crippen MR) is 106 cm³/mol. The molecule has 0 saturated carbocycles. The van der Waals surface area contributed by atoms with Gasteiger partial charge in [-0.2, -0.15) is 18.2 Å². The lowest BCUT2D eigenvalue weighted by molar-refractivity contribution is -0.145. The molecule has 2 N–H and O–H groups in total. The first kappa shape index (κ1) is 20.9. The van der Waals surface area contributed by atoms with Crippen molar-refractivity contribution in [3.05, 3.63) is 82.0 Å². The third-order valence-corrected chi connectivity index (χ3v) is 4.89. The van der Waals surface area contributed by atoms with Crippen molar-refractivity contribution in [2.45, 2.75) is 19.1 Å². The molecule has 2 heterocycles. The number of carbonyl (C=O) groups is 1. The molecule has 1 aliphatic rings. The van der Waals surface area contributed by atoms with Crippen molar-refractivity contribution in [3.63, 3.8) is 0 Å². The summed E-state index contributed by atoms with van der Waals surface area (Å²) < 4.78 is 54.1. The zero-order chi connectivity index (χ0) is 22.3. The molecule has 0 aliphatic carbocycles. The summed E-state index contributed by atoms with van der Waals surface area (Å²) in [5.74, 6) is -2.63. The number of amides is 1. The van der Waals surface area contributed by atoms with Crippen molar-refractivity contribution in [2.75, 3.05) is 10.6 Å². The van der Waals surface area contributed by atoms with Crippen molar-refractivity contribution in [1.29, 1.82) is 0 Å². The van der Waals surface area contributed by atoms with Crippen molar-refractivity contribution >= 4 is 29.1 Å². The number of nitrogens with one attached hydrogen (secondary N) is 2. The molecule has 1 amide bonds. The smallest absolute Gasteiger partial charge is 0.328 e.